The van der Waals surface area contributed by atoms with Gasteiger partial charge in [0.15, 0.2) is 0 Å². The molecular formula is C17H18N4O3. The standard InChI is InChI=1S/C17H18N4O3/c1-10-3-8-15(14(19)9-10)20-16(23)17(24)21(11(2)22)13-6-4-12(18)5-7-13/h3-9H,18-19H2,1-2H3,(H,20,23). The van der Waals surface area contributed by atoms with Gasteiger partial charge in [-0.25, -0.2) is 4.90 Å². The summed E-state index contributed by atoms with van der Waals surface area (Å²) in [6.45, 7) is 3.05. The van der Waals surface area contributed by atoms with Gasteiger partial charge in [-0.15, -0.1) is 0 Å². The highest BCUT2D eigenvalue weighted by molar-refractivity contribution is 6.48. The van der Waals surface area contributed by atoms with E-state index in [1.165, 1.54) is 31.2 Å². The molecule has 0 spiro atoms. The van der Waals surface area contributed by atoms with Crippen LogP contribution in [0.1, 0.15) is 12.5 Å². The number of nitrogens with two attached hydrogens (primary N) is 2. The van der Waals surface area contributed by atoms with Crippen molar-refractivity contribution < 1.29 is 14.4 Å². The molecular weight excluding hydrogens is 308 g/mol. The molecule has 3 amide bonds. The maximum atomic E-state index is 12.4. The van der Waals surface area contributed by atoms with Crippen molar-refractivity contribution in [2.75, 3.05) is 21.7 Å². The van der Waals surface area contributed by atoms with Gasteiger partial charge in [0.2, 0.25) is 5.91 Å². The van der Waals surface area contributed by atoms with Crippen LogP contribution in [0.4, 0.5) is 22.7 Å². The molecule has 0 saturated carbocycles. The third kappa shape index (κ3) is 3.70. The molecule has 0 aromatic heterocycles. The lowest BCUT2D eigenvalue weighted by Crippen LogP contribution is -2.42. The molecule has 24 heavy (non-hydrogen) atoms. The quantitative estimate of drug-likeness (QED) is 0.573. The number of anilines is 4. The fourth-order valence-electron chi connectivity index (χ4n) is 2.14. The number of nitrogens with one attached hydrogen (secondary N) is 1. The average Bonchev–Trinajstić information content (AvgIpc) is 2.51. The Kier molecular flexibility index (Phi) is 4.84. The molecule has 0 aliphatic rings. The predicted molar refractivity (Wildman–Crippen MR) is 93.2 cm³/mol. The third-order valence-electron chi connectivity index (χ3n) is 3.32. The van der Waals surface area contributed by atoms with Crippen LogP contribution in [-0.2, 0) is 14.4 Å². The lowest BCUT2D eigenvalue weighted by atomic mass is 10.2. The van der Waals surface area contributed by atoms with Gasteiger partial charge in [0.1, 0.15) is 0 Å². The Morgan fingerprint density at radius 1 is 1.00 bits per heavy atom. The van der Waals surface area contributed by atoms with Crippen molar-refractivity contribution in [1.29, 1.82) is 0 Å². The predicted octanol–water partition coefficient (Wildman–Crippen LogP) is 1.68. The number of amides is 3. The Morgan fingerprint density at radius 2 is 1.62 bits per heavy atom. The second-order valence-electron chi connectivity index (χ2n) is 5.30. The summed E-state index contributed by atoms with van der Waals surface area (Å²) >= 11 is 0. The van der Waals surface area contributed by atoms with Gasteiger partial charge in [-0.1, -0.05) is 6.07 Å². The van der Waals surface area contributed by atoms with E-state index in [4.69, 9.17) is 11.5 Å². The highest BCUT2D eigenvalue weighted by Crippen LogP contribution is 2.21. The molecule has 7 nitrogen and oxygen atoms in total. The van der Waals surface area contributed by atoms with Gasteiger partial charge in [-0.05, 0) is 48.9 Å². The van der Waals surface area contributed by atoms with Gasteiger partial charge in [-0.2, -0.15) is 0 Å². The second kappa shape index (κ2) is 6.82. The molecule has 0 bridgehead atoms. The Morgan fingerprint density at radius 3 is 2.17 bits per heavy atom. The first-order chi connectivity index (χ1) is 11.3. The summed E-state index contributed by atoms with van der Waals surface area (Å²) in [6.07, 6.45) is 0. The van der Waals surface area contributed by atoms with Crippen LogP contribution in [0.2, 0.25) is 0 Å². The average molecular weight is 326 g/mol. The minimum absolute atomic E-state index is 0.258. The lowest BCUT2D eigenvalue weighted by molar-refractivity contribution is -0.136. The minimum atomic E-state index is -1.01. The van der Waals surface area contributed by atoms with Crippen LogP contribution in [-0.4, -0.2) is 17.7 Å². The highest BCUT2D eigenvalue weighted by atomic mass is 16.2. The van der Waals surface area contributed by atoms with Crippen LogP contribution in [0.3, 0.4) is 0 Å². The molecule has 2 rings (SSSR count). The van der Waals surface area contributed by atoms with Crippen molar-refractivity contribution >= 4 is 40.5 Å². The van der Waals surface area contributed by atoms with Crippen LogP contribution in [0, 0.1) is 6.92 Å². The lowest BCUT2D eigenvalue weighted by Gasteiger charge is -2.19. The van der Waals surface area contributed by atoms with Gasteiger partial charge in [0.05, 0.1) is 17.1 Å². The molecule has 0 unspecified atom stereocenters. The van der Waals surface area contributed by atoms with Crippen molar-refractivity contribution in [3.63, 3.8) is 0 Å². The molecule has 0 saturated heterocycles. The van der Waals surface area contributed by atoms with Crippen LogP contribution in [0.25, 0.3) is 0 Å². The number of hydrogen-bond donors (Lipinski definition) is 3. The summed E-state index contributed by atoms with van der Waals surface area (Å²) in [7, 11) is 0. The van der Waals surface area contributed by atoms with E-state index >= 15 is 0 Å². The normalized spacial score (nSPS) is 10.1. The zero-order valence-electron chi connectivity index (χ0n) is 13.4. The topological polar surface area (TPSA) is 119 Å². The number of aryl methyl sites for hydroxylation is 1. The number of nitrogen functional groups attached to an aromatic ring is 2. The molecule has 0 fully saturated rings. The largest absolute Gasteiger partial charge is 0.399 e. The van der Waals surface area contributed by atoms with Crippen LogP contribution in [0.15, 0.2) is 42.5 Å². The summed E-state index contributed by atoms with van der Waals surface area (Å²) < 4.78 is 0. The molecule has 7 heteroatoms. The molecule has 0 radical (unpaired) electrons. The molecule has 2 aromatic rings. The van der Waals surface area contributed by atoms with Crippen LogP contribution in [0.5, 0.6) is 0 Å². The second-order valence-corrected chi connectivity index (χ2v) is 5.30. The first-order valence-electron chi connectivity index (χ1n) is 7.17. The van der Waals surface area contributed by atoms with Crippen molar-refractivity contribution in [3.05, 3.63) is 48.0 Å². The van der Waals surface area contributed by atoms with Crippen molar-refractivity contribution in [1.82, 2.24) is 0 Å². The van der Waals surface area contributed by atoms with E-state index in [-0.39, 0.29) is 5.69 Å². The van der Waals surface area contributed by atoms with Gasteiger partial charge in [0, 0.05) is 12.6 Å². The number of benzene rings is 2. The van der Waals surface area contributed by atoms with Crippen molar-refractivity contribution in [2.24, 2.45) is 0 Å². The third-order valence-corrected chi connectivity index (χ3v) is 3.32. The highest BCUT2D eigenvalue weighted by Gasteiger charge is 2.27. The number of hydrogen-bond acceptors (Lipinski definition) is 5. The molecule has 0 atom stereocenters. The Labute approximate surface area is 139 Å². The maximum Gasteiger partial charge on any atom is 0.323 e. The molecule has 0 aliphatic carbocycles. The zero-order valence-corrected chi connectivity index (χ0v) is 13.4. The van der Waals surface area contributed by atoms with E-state index in [1.54, 1.807) is 18.2 Å². The first kappa shape index (κ1) is 17.0. The Hall–Kier alpha value is -3.35. The summed E-state index contributed by atoms with van der Waals surface area (Å²) in [4.78, 5) is 37.2. The van der Waals surface area contributed by atoms with Gasteiger partial charge < -0.3 is 16.8 Å². The van der Waals surface area contributed by atoms with E-state index in [1.807, 2.05) is 6.92 Å². The van der Waals surface area contributed by atoms with E-state index in [0.717, 1.165) is 10.5 Å². The van der Waals surface area contributed by atoms with E-state index in [9.17, 15) is 14.4 Å². The van der Waals surface area contributed by atoms with Crippen molar-refractivity contribution in [3.8, 4) is 0 Å². The number of nitrogens with zero attached hydrogens (tertiary/aromatic N) is 1. The SMILES string of the molecule is CC(=O)N(C(=O)C(=O)Nc1ccc(C)cc1N)c1ccc(N)cc1. The zero-order chi connectivity index (χ0) is 17.9. The van der Waals surface area contributed by atoms with Gasteiger partial charge in [-0.3, -0.25) is 14.4 Å². The summed E-state index contributed by atoms with van der Waals surface area (Å²) in [5.74, 6) is -2.55. The summed E-state index contributed by atoms with van der Waals surface area (Å²) in [5, 5.41) is 2.42. The van der Waals surface area contributed by atoms with Crippen LogP contribution < -0.4 is 21.7 Å². The molecule has 0 aliphatic heterocycles. The molecule has 0 heterocycles. The minimum Gasteiger partial charge on any atom is -0.399 e. The number of imide groups is 1. The Bertz CT molecular complexity index is 800. The fraction of sp³-hybridized carbons (Fsp3) is 0.118. The van der Waals surface area contributed by atoms with Gasteiger partial charge in [0.25, 0.3) is 0 Å². The van der Waals surface area contributed by atoms with Crippen LogP contribution >= 0.6 is 0 Å². The fourth-order valence-corrected chi connectivity index (χ4v) is 2.14. The smallest absolute Gasteiger partial charge is 0.323 e. The first-order valence-corrected chi connectivity index (χ1v) is 7.17. The van der Waals surface area contributed by atoms with E-state index in [2.05, 4.69) is 5.32 Å². The van der Waals surface area contributed by atoms with E-state index in [0.29, 0.717) is 17.1 Å². The molecule has 5 N–H and O–H groups in total. The van der Waals surface area contributed by atoms with Crippen molar-refractivity contribution in [2.45, 2.75) is 13.8 Å². The number of rotatable bonds is 2. The number of carbonyl (C=O) groups is 3. The summed E-state index contributed by atoms with van der Waals surface area (Å²) in [5.41, 5.74) is 13.7. The molecule has 124 valence electrons. The summed E-state index contributed by atoms with van der Waals surface area (Å²) in [6, 6.07) is 11.1. The number of carbonyl (C=O) groups excluding carboxylic acids is 3. The van der Waals surface area contributed by atoms with Gasteiger partial charge >= 0.3 is 11.8 Å². The Balaban J connectivity index is 2.24. The molecule has 2 aromatic carbocycles. The maximum absolute atomic E-state index is 12.4. The monoisotopic (exact) mass is 326 g/mol. The van der Waals surface area contributed by atoms with E-state index < -0.39 is 17.7 Å².